The van der Waals surface area contributed by atoms with Crippen molar-refractivity contribution in [2.45, 2.75) is 0 Å². The Morgan fingerprint density at radius 2 is 0.580 bits per heavy atom. The zero-order valence-corrected chi connectivity index (χ0v) is 27.2. The molecule has 2 heterocycles. The lowest BCUT2D eigenvalue weighted by Gasteiger charge is -2.27. The lowest BCUT2D eigenvalue weighted by molar-refractivity contribution is 1.14. The summed E-state index contributed by atoms with van der Waals surface area (Å²) in [4.78, 5) is 0. The highest BCUT2D eigenvalue weighted by atomic mass is 15.0. The second kappa shape index (κ2) is 10.4. The van der Waals surface area contributed by atoms with Crippen molar-refractivity contribution in [1.82, 2.24) is 9.13 Å². The molecule has 1 aliphatic carbocycles. The smallest absolute Gasteiger partial charge is 0.0567 e. The van der Waals surface area contributed by atoms with Gasteiger partial charge < -0.3 is 9.13 Å². The van der Waals surface area contributed by atoms with Crippen molar-refractivity contribution in [3.8, 4) is 55.9 Å². The number of nitrogens with zero attached hydrogens (tertiary/aromatic N) is 2. The highest BCUT2D eigenvalue weighted by molar-refractivity contribution is 6.13. The Bertz CT molecular complexity index is 2880. The summed E-state index contributed by atoms with van der Waals surface area (Å²) in [5.74, 6) is 0. The molecule has 0 aliphatic heterocycles. The molecule has 0 fully saturated rings. The molecule has 0 amide bonds. The second-order valence-electron chi connectivity index (χ2n) is 13.3. The molecule has 0 atom stereocenters. The van der Waals surface area contributed by atoms with Crippen LogP contribution in [0.15, 0.2) is 182 Å². The Balaban J connectivity index is 1.39. The van der Waals surface area contributed by atoms with E-state index in [0.717, 1.165) is 5.69 Å². The molecule has 0 N–H and O–H groups in total. The van der Waals surface area contributed by atoms with Crippen molar-refractivity contribution in [1.29, 1.82) is 0 Å². The predicted molar refractivity (Wildman–Crippen MR) is 210 cm³/mol. The van der Waals surface area contributed by atoms with Crippen LogP contribution in [0.1, 0.15) is 0 Å². The van der Waals surface area contributed by atoms with Crippen molar-refractivity contribution in [3.63, 3.8) is 0 Å². The Morgan fingerprint density at radius 3 is 1.02 bits per heavy atom. The first-order chi connectivity index (χ1) is 24.8. The van der Waals surface area contributed by atoms with E-state index in [4.69, 9.17) is 0 Å². The molecular weight excluding hydrogens is 605 g/mol. The van der Waals surface area contributed by atoms with Gasteiger partial charge in [0.2, 0.25) is 0 Å². The van der Waals surface area contributed by atoms with Crippen LogP contribution in [0.4, 0.5) is 0 Å². The number of rotatable bonds is 2. The summed E-state index contributed by atoms with van der Waals surface area (Å²) in [6, 6.07) is 67.0. The van der Waals surface area contributed by atoms with Crippen LogP contribution in [-0.4, -0.2) is 9.13 Å². The summed E-state index contributed by atoms with van der Waals surface area (Å²) in [5.41, 5.74) is 17.0. The van der Waals surface area contributed by atoms with Crippen molar-refractivity contribution in [3.05, 3.63) is 182 Å². The van der Waals surface area contributed by atoms with Crippen LogP contribution in [0.5, 0.6) is 0 Å². The number of hydrogen-bond acceptors (Lipinski definition) is 0. The fraction of sp³-hybridized carbons (Fsp3) is 0. The van der Waals surface area contributed by atoms with E-state index >= 15 is 0 Å². The zero-order valence-electron chi connectivity index (χ0n) is 27.2. The Labute approximate surface area is 289 Å². The van der Waals surface area contributed by atoms with Gasteiger partial charge in [0.15, 0.2) is 0 Å². The van der Waals surface area contributed by atoms with Crippen LogP contribution in [0.2, 0.25) is 0 Å². The minimum atomic E-state index is 1.14. The van der Waals surface area contributed by atoms with Crippen LogP contribution in [0.3, 0.4) is 0 Å². The van der Waals surface area contributed by atoms with Gasteiger partial charge >= 0.3 is 0 Å². The fourth-order valence-corrected chi connectivity index (χ4v) is 8.64. The Kier molecular flexibility index (Phi) is 5.70. The molecule has 2 nitrogen and oxygen atoms in total. The highest BCUT2D eigenvalue weighted by Crippen LogP contribution is 2.51. The van der Waals surface area contributed by atoms with Crippen LogP contribution in [-0.2, 0) is 0 Å². The molecule has 2 heteroatoms. The number of fused-ring (bicyclic) bond motifs is 14. The van der Waals surface area contributed by atoms with Gasteiger partial charge in [0.05, 0.1) is 27.8 Å². The molecule has 0 bridgehead atoms. The van der Waals surface area contributed by atoms with Gasteiger partial charge in [-0.05, 0) is 75.3 Å². The van der Waals surface area contributed by atoms with Gasteiger partial charge in [-0.3, -0.25) is 0 Å². The van der Waals surface area contributed by atoms with Crippen molar-refractivity contribution in [2.75, 3.05) is 0 Å². The maximum atomic E-state index is 2.51. The predicted octanol–water partition coefficient (Wildman–Crippen LogP) is 12.9. The van der Waals surface area contributed by atoms with Crippen LogP contribution < -0.4 is 0 Å². The van der Waals surface area contributed by atoms with Gasteiger partial charge in [-0.1, -0.05) is 146 Å². The van der Waals surface area contributed by atoms with Gasteiger partial charge in [0, 0.05) is 32.8 Å². The first-order valence-electron chi connectivity index (χ1n) is 17.3. The Morgan fingerprint density at radius 1 is 0.260 bits per heavy atom. The summed E-state index contributed by atoms with van der Waals surface area (Å²) in [6.45, 7) is 0. The monoisotopic (exact) mass is 634 g/mol. The third-order valence-electron chi connectivity index (χ3n) is 10.7. The average molecular weight is 635 g/mol. The first-order valence-corrected chi connectivity index (χ1v) is 17.3. The maximum absolute atomic E-state index is 2.51. The molecular formula is C48H30N2. The van der Waals surface area contributed by atoms with E-state index in [9.17, 15) is 0 Å². The van der Waals surface area contributed by atoms with Gasteiger partial charge in [0.1, 0.15) is 0 Å². The van der Waals surface area contributed by atoms with E-state index < -0.39 is 0 Å². The normalized spacial score (nSPS) is 12.0. The summed E-state index contributed by atoms with van der Waals surface area (Å²) < 4.78 is 4.97. The van der Waals surface area contributed by atoms with E-state index in [2.05, 4.69) is 191 Å². The van der Waals surface area contributed by atoms with E-state index in [1.165, 1.54) is 93.8 Å². The molecule has 0 spiro atoms. The number of para-hydroxylation sites is 4. The van der Waals surface area contributed by atoms with Crippen LogP contribution in [0, 0.1) is 0 Å². The lowest BCUT2D eigenvalue weighted by Crippen LogP contribution is -2.05. The molecule has 8 aromatic carbocycles. The van der Waals surface area contributed by atoms with Crippen molar-refractivity contribution < 1.29 is 0 Å². The average Bonchev–Trinajstić information content (AvgIpc) is 3.70. The topological polar surface area (TPSA) is 9.86 Å². The van der Waals surface area contributed by atoms with E-state index in [-0.39, 0.29) is 0 Å². The maximum Gasteiger partial charge on any atom is 0.0567 e. The molecule has 11 rings (SSSR count). The number of benzene rings is 8. The SMILES string of the molecule is c1ccc2c(c1)-c1ccccc1-c1cc(-n3c4ccccc4c4ccccc43)cc(-n3c4ccccc4c4ccccc43)c1-c1ccccc1-2. The fourth-order valence-electron chi connectivity index (χ4n) is 8.64. The summed E-state index contributed by atoms with van der Waals surface area (Å²) in [6.07, 6.45) is 0. The molecule has 2 aromatic heterocycles. The largest absolute Gasteiger partial charge is 0.309 e. The minimum Gasteiger partial charge on any atom is -0.309 e. The van der Waals surface area contributed by atoms with E-state index in [1.54, 1.807) is 0 Å². The third-order valence-corrected chi connectivity index (χ3v) is 10.7. The van der Waals surface area contributed by atoms with Crippen LogP contribution in [0.25, 0.3) is 99.5 Å². The molecule has 232 valence electrons. The summed E-state index contributed by atoms with van der Waals surface area (Å²) in [5, 5.41) is 5.02. The molecule has 10 aromatic rings. The lowest BCUT2D eigenvalue weighted by atomic mass is 9.80. The quantitative estimate of drug-likeness (QED) is 0.179. The van der Waals surface area contributed by atoms with Gasteiger partial charge in [0.25, 0.3) is 0 Å². The number of hydrogen-bond donors (Lipinski definition) is 0. The highest BCUT2D eigenvalue weighted by Gasteiger charge is 2.27. The van der Waals surface area contributed by atoms with Crippen LogP contribution >= 0.6 is 0 Å². The summed E-state index contributed by atoms with van der Waals surface area (Å²) >= 11 is 0. The number of aromatic nitrogens is 2. The van der Waals surface area contributed by atoms with Crippen molar-refractivity contribution in [2.24, 2.45) is 0 Å². The summed E-state index contributed by atoms with van der Waals surface area (Å²) in [7, 11) is 0. The molecule has 0 radical (unpaired) electrons. The molecule has 0 unspecified atom stereocenters. The van der Waals surface area contributed by atoms with Gasteiger partial charge in [-0.25, -0.2) is 0 Å². The molecule has 0 saturated carbocycles. The van der Waals surface area contributed by atoms with Gasteiger partial charge in [-0.2, -0.15) is 0 Å². The Hall–Kier alpha value is -6.64. The van der Waals surface area contributed by atoms with E-state index in [0.29, 0.717) is 0 Å². The molecule has 50 heavy (non-hydrogen) atoms. The molecule has 1 aliphatic rings. The second-order valence-corrected chi connectivity index (χ2v) is 13.3. The van der Waals surface area contributed by atoms with E-state index in [1.807, 2.05) is 0 Å². The standard InChI is InChI=1S/C48H30N2/c1-2-16-33-32(15-1)34-17-3-4-19-36(34)42-29-31(49-43-25-11-7-20-37(43)38-21-8-12-26-44(38)49)30-47(48(42)41-24-6-5-18-35(33)41)50-45-27-13-9-22-39(45)40-23-10-14-28-46(40)50/h1-30H. The third kappa shape index (κ3) is 3.73. The first kappa shape index (κ1) is 27.3. The zero-order chi connectivity index (χ0) is 32.8. The minimum absolute atomic E-state index is 1.14. The van der Waals surface area contributed by atoms with Gasteiger partial charge in [-0.15, -0.1) is 0 Å². The molecule has 0 saturated heterocycles. The van der Waals surface area contributed by atoms with Crippen molar-refractivity contribution >= 4 is 43.6 Å².